The number of hydrogen-bond acceptors (Lipinski definition) is 5. The van der Waals surface area contributed by atoms with Crippen LogP contribution in [0, 0.1) is 5.92 Å². The highest BCUT2D eigenvalue weighted by atomic mass is 19.4. The summed E-state index contributed by atoms with van der Waals surface area (Å²) in [7, 11) is 1.77. The maximum atomic E-state index is 12.8. The molecule has 0 radical (unpaired) electrons. The number of nitrogens with zero attached hydrogens (tertiary/aromatic N) is 3. The third-order valence-electron chi connectivity index (χ3n) is 3.93. The van der Waals surface area contributed by atoms with E-state index in [1.165, 1.54) is 6.07 Å². The van der Waals surface area contributed by atoms with E-state index in [0.29, 0.717) is 5.92 Å². The number of anilines is 2. The maximum absolute atomic E-state index is 12.8. The molecule has 21 heavy (non-hydrogen) atoms. The van der Waals surface area contributed by atoms with Gasteiger partial charge in [-0.25, -0.2) is 15.8 Å². The Kier molecular flexibility index (Phi) is 4.55. The number of rotatable bonds is 3. The van der Waals surface area contributed by atoms with Gasteiger partial charge in [0.05, 0.1) is 0 Å². The highest BCUT2D eigenvalue weighted by molar-refractivity contribution is 5.49. The quantitative estimate of drug-likeness (QED) is 0.664. The molecule has 0 saturated heterocycles. The van der Waals surface area contributed by atoms with Crippen molar-refractivity contribution in [1.82, 2.24) is 9.97 Å². The molecule has 1 aromatic rings. The SMILES string of the molecule is CC1CCCC(N(C)c2cc(NN)nc(C(F)(F)F)n2)C1. The zero-order valence-electron chi connectivity index (χ0n) is 12.1. The van der Waals surface area contributed by atoms with Gasteiger partial charge in [0, 0.05) is 19.2 Å². The van der Waals surface area contributed by atoms with Gasteiger partial charge in [0.15, 0.2) is 0 Å². The Hall–Kier alpha value is -1.57. The molecule has 2 unspecified atom stereocenters. The molecule has 2 atom stereocenters. The minimum atomic E-state index is -4.59. The predicted octanol–water partition coefficient (Wildman–Crippen LogP) is 2.80. The normalized spacial score (nSPS) is 23.0. The van der Waals surface area contributed by atoms with Crippen molar-refractivity contribution >= 4 is 11.6 Å². The van der Waals surface area contributed by atoms with Crippen molar-refractivity contribution in [3.8, 4) is 0 Å². The molecule has 3 N–H and O–H groups in total. The minimum absolute atomic E-state index is 0.0389. The summed E-state index contributed by atoms with van der Waals surface area (Å²) in [5.74, 6) is 4.80. The lowest BCUT2D eigenvalue weighted by atomic mass is 9.86. The Bertz CT molecular complexity index is 491. The first-order valence-corrected chi connectivity index (χ1v) is 6.97. The lowest BCUT2D eigenvalue weighted by molar-refractivity contribution is -0.144. The molecule has 1 heterocycles. The molecular weight excluding hydrogens is 283 g/mol. The van der Waals surface area contributed by atoms with Crippen LogP contribution in [0.4, 0.5) is 24.8 Å². The van der Waals surface area contributed by atoms with Crippen LogP contribution in [0.3, 0.4) is 0 Å². The van der Waals surface area contributed by atoms with Gasteiger partial charge in [-0.1, -0.05) is 19.8 Å². The molecule has 0 amide bonds. The molecule has 0 spiro atoms. The Morgan fingerprint density at radius 2 is 2.05 bits per heavy atom. The second-order valence-corrected chi connectivity index (χ2v) is 5.61. The second-order valence-electron chi connectivity index (χ2n) is 5.61. The first-order valence-electron chi connectivity index (χ1n) is 6.97. The van der Waals surface area contributed by atoms with Crippen LogP contribution in [0.5, 0.6) is 0 Å². The maximum Gasteiger partial charge on any atom is 0.451 e. The summed E-state index contributed by atoms with van der Waals surface area (Å²) in [6.07, 6.45) is -0.444. The van der Waals surface area contributed by atoms with Crippen LogP contribution in [0.1, 0.15) is 38.4 Å². The molecule has 1 aromatic heterocycles. The predicted molar refractivity (Wildman–Crippen MR) is 74.7 cm³/mol. The van der Waals surface area contributed by atoms with E-state index in [1.54, 1.807) is 11.9 Å². The minimum Gasteiger partial charge on any atom is -0.357 e. The number of halogens is 3. The summed E-state index contributed by atoms with van der Waals surface area (Å²) < 4.78 is 38.5. The Morgan fingerprint density at radius 1 is 1.33 bits per heavy atom. The van der Waals surface area contributed by atoms with Gasteiger partial charge in [-0.15, -0.1) is 0 Å². The van der Waals surface area contributed by atoms with Crippen LogP contribution < -0.4 is 16.2 Å². The van der Waals surface area contributed by atoms with E-state index >= 15 is 0 Å². The number of hydrogen-bond donors (Lipinski definition) is 2. The topological polar surface area (TPSA) is 67.1 Å². The highest BCUT2D eigenvalue weighted by Gasteiger charge is 2.36. The second kappa shape index (κ2) is 6.05. The van der Waals surface area contributed by atoms with Gasteiger partial charge in [-0.05, 0) is 18.8 Å². The zero-order valence-corrected chi connectivity index (χ0v) is 12.1. The number of alkyl halides is 3. The zero-order chi connectivity index (χ0) is 15.6. The highest BCUT2D eigenvalue weighted by Crippen LogP contribution is 2.32. The van der Waals surface area contributed by atoms with Crippen LogP contribution in [0.2, 0.25) is 0 Å². The van der Waals surface area contributed by atoms with Gasteiger partial charge in [-0.3, -0.25) is 0 Å². The molecule has 0 aromatic carbocycles. The van der Waals surface area contributed by atoms with Crippen molar-refractivity contribution in [3.63, 3.8) is 0 Å². The summed E-state index contributed by atoms with van der Waals surface area (Å²) in [6, 6.07) is 1.63. The van der Waals surface area contributed by atoms with Crippen LogP contribution in [-0.2, 0) is 6.18 Å². The van der Waals surface area contributed by atoms with Gasteiger partial charge in [-0.2, -0.15) is 13.2 Å². The van der Waals surface area contributed by atoms with Gasteiger partial charge >= 0.3 is 6.18 Å². The number of hydrazine groups is 1. The lowest BCUT2D eigenvalue weighted by Gasteiger charge is -2.35. The fraction of sp³-hybridized carbons (Fsp3) is 0.692. The van der Waals surface area contributed by atoms with Crippen molar-refractivity contribution in [1.29, 1.82) is 0 Å². The first kappa shape index (κ1) is 15.8. The number of nitrogens with two attached hydrogens (primary N) is 1. The van der Waals surface area contributed by atoms with Crippen molar-refractivity contribution in [2.24, 2.45) is 11.8 Å². The molecule has 1 aliphatic rings. The first-order chi connectivity index (χ1) is 9.81. The molecular formula is C13H20F3N5. The van der Waals surface area contributed by atoms with Crippen molar-refractivity contribution < 1.29 is 13.2 Å². The molecule has 1 saturated carbocycles. The van der Waals surface area contributed by atoms with E-state index in [0.717, 1.165) is 25.7 Å². The Labute approximate surface area is 121 Å². The molecule has 5 nitrogen and oxygen atoms in total. The van der Waals surface area contributed by atoms with E-state index in [9.17, 15) is 13.2 Å². The van der Waals surface area contributed by atoms with Crippen molar-refractivity contribution in [3.05, 3.63) is 11.9 Å². The van der Waals surface area contributed by atoms with E-state index < -0.39 is 12.0 Å². The smallest absolute Gasteiger partial charge is 0.357 e. The fourth-order valence-electron chi connectivity index (χ4n) is 2.76. The van der Waals surface area contributed by atoms with E-state index in [-0.39, 0.29) is 17.7 Å². The average molecular weight is 303 g/mol. The Balaban J connectivity index is 2.29. The lowest BCUT2D eigenvalue weighted by Crippen LogP contribution is -2.36. The average Bonchev–Trinajstić information content (AvgIpc) is 2.45. The molecule has 1 aliphatic carbocycles. The van der Waals surface area contributed by atoms with Crippen LogP contribution in [0.15, 0.2) is 6.07 Å². The summed E-state index contributed by atoms with van der Waals surface area (Å²) in [5, 5.41) is 0. The van der Waals surface area contributed by atoms with Crippen LogP contribution in [-0.4, -0.2) is 23.1 Å². The molecule has 8 heteroatoms. The third-order valence-corrected chi connectivity index (χ3v) is 3.93. The fourth-order valence-corrected chi connectivity index (χ4v) is 2.76. The standard InChI is InChI=1S/C13H20F3N5/c1-8-4-3-5-9(6-8)21(2)11-7-10(20-17)18-12(19-11)13(14,15)16/h7-9H,3-6,17H2,1-2H3,(H,18,19,20). The van der Waals surface area contributed by atoms with E-state index in [1.807, 2.05) is 0 Å². The van der Waals surface area contributed by atoms with Gasteiger partial charge in [0.1, 0.15) is 11.6 Å². The van der Waals surface area contributed by atoms with E-state index in [4.69, 9.17) is 5.84 Å². The number of nitrogens with one attached hydrogen (secondary N) is 1. The van der Waals surface area contributed by atoms with Crippen molar-refractivity contribution in [2.75, 3.05) is 17.4 Å². The van der Waals surface area contributed by atoms with Gasteiger partial charge in [0.2, 0.25) is 5.82 Å². The summed E-state index contributed by atoms with van der Waals surface area (Å²) in [6.45, 7) is 2.16. The number of aromatic nitrogens is 2. The third kappa shape index (κ3) is 3.75. The monoisotopic (exact) mass is 303 g/mol. The van der Waals surface area contributed by atoms with Crippen LogP contribution in [0.25, 0.3) is 0 Å². The summed E-state index contributed by atoms with van der Waals surface area (Å²) in [4.78, 5) is 8.81. The van der Waals surface area contributed by atoms with Crippen LogP contribution >= 0.6 is 0 Å². The summed E-state index contributed by atoms with van der Waals surface area (Å²) in [5.41, 5.74) is 2.17. The van der Waals surface area contributed by atoms with Crippen molar-refractivity contribution in [2.45, 2.75) is 44.8 Å². The largest absolute Gasteiger partial charge is 0.451 e. The molecule has 0 aliphatic heterocycles. The molecule has 118 valence electrons. The van der Waals surface area contributed by atoms with Gasteiger partial charge in [0.25, 0.3) is 0 Å². The number of nitrogen functional groups attached to an aromatic ring is 1. The van der Waals surface area contributed by atoms with Gasteiger partial charge < -0.3 is 10.3 Å². The summed E-state index contributed by atoms with van der Waals surface area (Å²) >= 11 is 0. The molecule has 0 bridgehead atoms. The molecule has 1 fully saturated rings. The Morgan fingerprint density at radius 3 is 2.62 bits per heavy atom. The van der Waals surface area contributed by atoms with E-state index in [2.05, 4.69) is 22.3 Å². The molecule has 2 rings (SSSR count).